The minimum absolute atomic E-state index is 0.133. The number of cyclic esters (lactones) is 1. The van der Waals surface area contributed by atoms with Gasteiger partial charge in [0.05, 0.1) is 0 Å². The highest BCUT2D eigenvalue weighted by Gasteiger charge is 2.45. The Bertz CT molecular complexity index is 1090. The van der Waals surface area contributed by atoms with Gasteiger partial charge in [-0.15, -0.1) is 0 Å². The Hall–Kier alpha value is -3.05. The van der Waals surface area contributed by atoms with Gasteiger partial charge in [0.2, 0.25) is 5.56 Å². The molecule has 1 unspecified atom stereocenters. The lowest BCUT2D eigenvalue weighted by molar-refractivity contribution is -0.150. The molecular weight excluding hydrogens is 366 g/mol. The van der Waals surface area contributed by atoms with Crippen molar-refractivity contribution in [2.45, 2.75) is 12.0 Å². The zero-order chi connectivity index (χ0) is 19.0. The summed E-state index contributed by atoms with van der Waals surface area (Å²) in [6.07, 6.45) is 0.342. The van der Waals surface area contributed by atoms with Crippen molar-refractivity contribution in [3.05, 3.63) is 87.7 Å². The predicted octanol–water partition coefficient (Wildman–Crippen LogP) is 3.96. The topological polar surface area (TPSA) is 68.4 Å². The quantitative estimate of drug-likeness (QED) is 0.548. The molecule has 1 aliphatic heterocycles. The number of ether oxygens (including phenoxy) is 2. The van der Waals surface area contributed by atoms with Crippen molar-refractivity contribution in [2.75, 3.05) is 6.61 Å². The zero-order valence-corrected chi connectivity index (χ0v) is 15.1. The van der Waals surface area contributed by atoms with E-state index in [1.165, 1.54) is 6.07 Å². The molecule has 1 saturated heterocycles. The summed E-state index contributed by atoms with van der Waals surface area (Å²) < 4.78 is 11.6. The standard InChI is InChI=1S/C21H16ClNO4/c1-13-11-21(27-20(13)25,15-3-5-16(22)6-4-15)12-26-17-7-8-18-14(10-17)2-9-19(24)23-18/h2-10H,1,11-12H2,(H,23,24). The first-order valence-corrected chi connectivity index (χ1v) is 8.76. The maximum absolute atomic E-state index is 12.0. The van der Waals surface area contributed by atoms with Crippen LogP contribution in [0.2, 0.25) is 5.02 Å². The molecule has 27 heavy (non-hydrogen) atoms. The molecule has 6 heteroatoms. The number of hydrogen-bond acceptors (Lipinski definition) is 4. The summed E-state index contributed by atoms with van der Waals surface area (Å²) >= 11 is 5.98. The highest BCUT2D eigenvalue weighted by Crippen LogP contribution is 2.40. The monoisotopic (exact) mass is 381 g/mol. The lowest BCUT2D eigenvalue weighted by atomic mass is 9.90. The number of nitrogens with one attached hydrogen (secondary N) is 1. The Morgan fingerprint density at radius 1 is 1.11 bits per heavy atom. The van der Waals surface area contributed by atoms with Crippen molar-refractivity contribution >= 4 is 28.5 Å². The van der Waals surface area contributed by atoms with E-state index in [2.05, 4.69) is 11.6 Å². The fourth-order valence-electron chi connectivity index (χ4n) is 3.20. The molecule has 0 spiro atoms. The number of benzene rings is 2. The van der Waals surface area contributed by atoms with Gasteiger partial charge in [0.1, 0.15) is 12.4 Å². The third-order valence-corrected chi connectivity index (χ3v) is 4.87. The number of halogens is 1. The van der Waals surface area contributed by atoms with E-state index in [1.54, 1.807) is 30.3 Å². The van der Waals surface area contributed by atoms with Gasteiger partial charge in [-0.25, -0.2) is 4.79 Å². The van der Waals surface area contributed by atoms with Crippen LogP contribution >= 0.6 is 11.6 Å². The molecule has 0 amide bonds. The first kappa shape index (κ1) is 17.4. The van der Waals surface area contributed by atoms with E-state index < -0.39 is 11.6 Å². The van der Waals surface area contributed by atoms with Crippen LogP contribution in [-0.2, 0) is 15.1 Å². The van der Waals surface area contributed by atoms with E-state index in [9.17, 15) is 9.59 Å². The Morgan fingerprint density at radius 3 is 2.59 bits per heavy atom. The van der Waals surface area contributed by atoms with E-state index in [-0.39, 0.29) is 12.2 Å². The van der Waals surface area contributed by atoms with Crippen LogP contribution < -0.4 is 10.3 Å². The van der Waals surface area contributed by atoms with Gasteiger partial charge < -0.3 is 14.5 Å². The van der Waals surface area contributed by atoms with Crippen molar-refractivity contribution < 1.29 is 14.3 Å². The fraction of sp³-hybridized carbons (Fsp3) is 0.143. The third kappa shape index (κ3) is 3.34. The molecule has 1 fully saturated rings. The highest BCUT2D eigenvalue weighted by molar-refractivity contribution is 6.30. The zero-order valence-electron chi connectivity index (χ0n) is 14.3. The number of carbonyl (C=O) groups is 1. The van der Waals surface area contributed by atoms with Gasteiger partial charge in [-0.3, -0.25) is 4.79 Å². The lowest BCUT2D eigenvalue weighted by Gasteiger charge is -2.28. The van der Waals surface area contributed by atoms with Crippen LogP contribution in [0.5, 0.6) is 5.75 Å². The van der Waals surface area contributed by atoms with Crippen LogP contribution in [0.15, 0.2) is 71.5 Å². The maximum Gasteiger partial charge on any atom is 0.334 e. The van der Waals surface area contributed by atoms with E-state index in [1.807, 2.05) is 18.2 Å². The molecule has 4 rings (SSSR count). The van der Waals surface area contributed by atoms with Gasteiger partial charge in [0.15, 0.2) is 5.60 Å². The van der Waals surface area contributed by atoms with Crippen LogP contribution in [0.3, 0.4) is 0 Å². The molecule has 0 aliphatic carbocycles. The van der Waals surface area contributed by atoms with Gasteiger partial charge >= 0.3 is 5.97 Å². The molecule has 0 saturated carbocycles. The van der Waals surface area contributed by atoms with Gasteiger partial charge in [0.25, 0.3) is 0 Å². The number of H-pyrrole nitrogens is 1. The molecule has 2 heterocycles. The van der Waals surface area contributed by atoms with Crippen molar-refractivity contribution in [3.63, 3.8) is 0 Å². The Morgan fingerprint density at radius 2 is 1.89 bits per heavy atom. The largest absolute Gasteiger partial charge is 0.489 e. The molecule has 0 bridgehead atoms. The summed E-state index contributed by atoms with van der Waals surface area (Å²) in [6.45, 7) is 3.92. The maximum atomic E-state index is 12.0. The van der Waals surface area contributed by atoms with Crippen molar-refractivity contribution in [2.24, 2.45) is 0 Å². The van der Waals surface area contributed by atoms with Crippen LogP contribution in [-0.4, -0.2) is 17.6 Å². The average Bonchev–Trinajstić information content (AvgIpc) is 2.95. The summed E-state index contributed by atoms with van der Waals surface area (Å²) in [6, 6.07) is 15.7. The first-order chi connectivity index (χ1) is 12.9. The van der Waals surface area contributed by atoms with E-state index in [4.69, 9.17) is 21.1 Å². The lowest BCUT2D eigenvalue weighted by Crippen LogP contribution is -2.33. The molecule has 136 valence electrons. The highest BCUT2D eigenvalue weighted by atomic mass is 35.5. The van der Waals surface area contributed by atoms with Crippen molar-refractivity contribution in [1.82, 2.24) is 4.98 Å². The average molecular weight is 382 g/mol. The minimum Gasteiger partial charge on any atom is -0.489 e. The van der Waals surface area contributed by atoms with Gasteiger partial charge in [-0.1, -0.05) is 30.3 Å². The number of hydrogen-bond donors (Lipinski definition) is 1. The van der Waals surface area contributed by atoms with E-state index in [0.717, 1.165) is 16.5 Å². The number of esters is 1. The van der Waals surface area contributed by atoms with Crippen LogP contribution in [0.25, 0.3) is 10.9 Å². The van der Waals surface area contributed by atoms with Crippen LogP contribution in [0, 0.1) is 0 Å². The normalized spacial score (nSPS) is 19.3. The van der Waals surface area contributed by atoms with Gasteiger partial charge in [-0.05, 0) is 42.0 Å². The SMILES string of the molecule is C=C1CC(COc2ccc3[nH]c(=O)ccc3c2)(c2ccc(Cl)cc2)OC1=O. The third-order valence-electron chi connectivity index (χ3n) is 4.61. The van der Waals surface area contributed by atoms with E-state index in [0.29, 0.717) is 22.8 Å². The van der Waals surface area contributed by atoms with Crippen molar-refractivity contribution in [3.8, 4) is 5.75 Å². The number of pyridine rings is 1. The Balaban J connectivity index is 1.64. The summed E-state index contributed by atoms with van der Waals surface area (Å²) in [4.78, 5) is 26.2. The van der Waals surface area contributed by atoms with Gasteiger partial charge in [-0.2, -0.15) is 0 Å². The Labute approximate surface area is 160 Å². The molecular formula is C21H16ClNO4. The molecule has 3 aromatic rings. The first-order valence-electron chi connectivity index (χ1n) is 8.38. The molecule has 1 aliphatic rings. The van der Waals surface area contributed by atoms with Crippen LogP contribution in [0.4, 0.5) is 0 Å². The van der Waals surface area contributed by atoms with Gasteiger partial charge in [0, 0.05) is 34.0 Å². The number of aromatic nitrogens is 1. The second-order valence-corrected chi connectivity index (χ2v) is 6.97. The fourth-order valence-corrected chi connectivity index (χ4v) is 3.33. The van der Waals surface area contributed by atoms with E-state index >= 15 is 0 Å². The minimum atomic E-state index is -0.946. The number of rotatable bonds is 4. The predicted molar refractivity (Wildman–Crippen MR) is 103 cm³/mol. The van der Waals surface area contributed by atoms with Crippen molar-refractivity contribution in [1.29, 1.82) is 0 Å². The molecule has 1 N–H and O–H groups in total. The number of carbonyl (C=O) groups excluding carboxylic acids is 1. The molecule has 0 radical (unpaired) electrons. The molecule has 2 aromatic carbocycles. The molecule has 5 nitrogen and oxygen atoms in total. The Kier molecular flexibility index (Phi) is 4.24. The smallest absolute Gasteiger partial charge is 0.334 e. The number of fused-ring (bicyclic) bond motifs is 1. The summed E-state index contributed by atoms with van der Waals surface area (Å²) in [7, 11) is 0. The summed E-state index contributed by atoms with van der Waals surface area (Å²) in [5.74, 6) is 0.182. The summed E-state index contributed by atoms with van der Waals surface area (Å²) in [5.41, 5.74) is 0.824. The summed E-state index contributed by atoms with van der Waals surface area (Å²) in [5, 5.41) is 1.45. The molecule has 1 atom stereocenters. The molecule has 1 aromatic heterocycles. The second kappa shape index (κ2) is 6.59. The second-order valence-electron chi connectivity index (χ2n) is 6.53. The van der Waals surface area contributed by atoms with Crippen LogP contribution in [0.1, 0.15) is 12.0 Å². The number of aromatic amines is 1.